The van der Waals surface area contributed by atoms with Crippen molar-refractivity contribution in [2.24, 2.45) is 0 Å². The van der Waals surface area contributed by atoms with E-state index in [1.807, 2.05) is 18.2 Å². The van der Waals surface area contributed by atoms with Gasteiger partial charge in [-0.1, -0.05) is 23.4 Å². The van der Waals surface area contributed by atoms with Gasteiger partial charge in [-0.25, -0.2) is 4.68 Å². The summed E-state index contributed by atoms with van der Waals surface area (Å²) in [6.07, 6.45) is 11.0. The highest BCUT2D eigenvalue weighted by Gasteiger charge is 2.36. The number of hydrogen-bond acceptors (Lipinski definition) is 4. The van der Waals surface area contributed by atoms with Gasteiger partial charge in [-0.3, -0.25) is 4.79 Å². The number of aryl methyl sites for hydroxylation is 1. The molecule has 2 aliphatic rings. The maximum absolute atomic E-state index is 12.9. The third-order valence-corrected chi connectivity index (χ3v) is 5.04. The monoisotopic (exact) mass is 338 g/mol. The number of aliphatic hydroxyl groups is 1. The first kappa shape index (κ1) is 16.0. The molecule has 130 valence electrons. The zero-order valence-corrected chi connectivity index (χ0v) is 14.1. The lowest BCUT2D eigenvalue weighted by atomic mass is 9.91. The Bertz CT molecular complexity index is 800. The summed E-state index contributed by atoms with van der Waals surface area (Å²) >= 11 is 0. The Hall–Kier alpha value is -2.47. The highest BCUT2D eigenvalue weighted by Crippen LogP contribution is 2.26. The standard InChI is InChI=1S/C19H22N4O2/c24-18(17-7-6-15-4-1-2-5-16(15)12-17)22-10-3-8-19(25,13-22)14-23-11-9-20-21-23/h1,4,6-7,9,11-12,25H,2-3,5,8,10,13-14H2. The SMILES string of the molecule is O=C(c1ccc2c(c1)CCC=C2)N1CCCC(O)(Cn2ccnn2)C1. The number of piperidine rings is 1. The van der Waals surface area contributed by atoms with Crippen molar-refractivity contribution in [3.8, 4) is 0 Å². The second kappa shape index (κ2) is 6.44. The normalized spacial score (nSPS) is 22.7. The van der Waals surface area contributed by atoms with E-state index in [0.717, 1.165) is 19.3 Å². The molecule has 6 nitrogen and oxygen atoms in total. The molecule has 0 radical (unpaired) electrons. The average molecular weight is 338 g/mol. The molecule has 6 heteroatoms. The van der Waals surface area contributed by atoms with Gasteiger partial charge in [0.25, 0.3) is 5.91 Å². The van der Waals surface area contributed by atoms with Crippen LogP contribution in [-0.2, 0) is 13.0 Å². The lowest BCUT2D eigenvalue weighted by molar-refractivity contribution is -0.0387. The van der Waals surface area contributed by atoms with Crippen molar-refractivity contribution in [2.45, 2.75) is 37.8 Å². The molecule has 1 atom stereocenters. The number of amides is 1. The molecule has 1 unspecified atom stereocenters. The molecule has 4 rings (SSSR count). The summed E-state index contributed by atoms with van der Waals surface area (Å²) in [4.78, 5) is 14.7. The van der Waals surface area contributed by atoms with Crippen molar-refractivity contribution >= 4 is 12.0 Å². The predicted molar refractivity (Wildman–Crippen MR) is 93.9 cm³/mol. The van der Waals surface area contributed by atoms with Crippen molar-refractivity contribution < 1.29 is 9.90 Å². The first-order valence-corrected chi connectivity index (χ1v) is 8.78. The zero-order valence-electron chi connectivity index (χ0n) is 14.1. The minimum atomic E-state index is -0.960. The Balaban J connectivity index is 1.51. The maximum atomic E-state index is 12.9. The number of aromatic nitrogens is 3. The second-order valence-electron chi connectivity index (χ2n) is 7.01. The predicted octanol–water partition coefficient (Wildman–Crippen LogP) is 1.90. The number of β-amino-alcohol motifs (C(OH)–C–C–N with tert-alkyl or cyclic N) is 1. The van der Waals surface area contributed by atoms with Crippen molar-refractivity contribution in [3.63, 3.8) is 0 Å². The van der Waals surface area contributed by atoms with Crippen molar-refractivity contribution in [1.82, 2.24) is 19.9 Å². The van der Waals surface area contributed by atoms with Gasteiger partial charge in [0.2, 0.25) is 0 Å². The fourth-order valence-corrected chi connectivity index (χ4v) is 3.78. The number of fused-ring (bicyclic) bond motifs is 1. The topological polar surface area (TPSA) is 71.2 Å². The smallest absolute Gasteiger partial charge is 0.253 e. The van der Waals surface area contributed by atoms with E-state index in [9.17, 15) is 9.90 Å². The third-order valence-electron chi connectivity index (χ3n) is 5.04. The van der Waals surface area contributed by atoms with Crippen molar-refractivity contribution in [1.29, 1.82) is 0 Å². The number of carbonyl (C=O) groups is 1. The van der Waals surface area contributed by atoms with Crippen LogP contribution in [0.25, 0.3) is 6.08 Å². The number of allylic oxidation sites excluding steroid dienone is 1. The molecule has 1 aromatic carbocycles. The Morgan fingerprint density at radius 2 is 2.28 bits per heavy atom. The highest BCUT2D eigenvalue weighted by atomic mass is 16.3. The Morgan fingerprint density at radius 1 is 1.36 bits per heavy atom. The van der Waals surface area contributed by atoms with Crippen LogP contribution in [0.3, 0.4) is 0 Å². The average Bonchev–Trinajstić information content (AvgIpc) is 3.13. The van der Waals surface area contributed by atoms with Gasteiger partial charge in [-0.15, -0.1) is 5.10 Å². The molecule has 1 fully saturated rings. The molecule has 2 aromatic rings. The number of nitrogens with zero attached hydrogens (tertiary/aromatic N) is 4. The van der Waals surface area contributed by atoms with E-state index in [4.69, 9.17) is 0 Å². The van der Waals surface area contributed by atoms with E-state index in [1.165, 1.54) is 11.1 Å². The molecule has 1 aliphatic carbocycles. The quantitative estimate of drug-likeness (QED) is 0.928. The van der Waals surface area contributed by atoms with Crippen LogP contribution >= 0.6 is 0 Å². The number of hydrogen-bond donors (Lipinski definition) is 1. The van der Waals surface area contributed by atoms with E-state index in [-0.39, 0.29) is 5.91 Å². The van der Waals surface area contributed by atoms with E-state index in [1.54, 1.807) is 22.0 Å². The molecule has 0 bridgehead atoms. The number of rotatable bonds is 3. The highest BCUT2D eigenvalue weighted by molar-refractivity contribution is 5.95. The van der Waals surface area contributed by atoms with Gasteiger partial charge in [0.15, 0.2) is 0 Å². The molecule has 2 heterocycles. The van der Waals surface area contributed by atoms with Crippen LogP contribution in [0.1, 0.15) is 40.7 Å². The molecule has 1 aliphatic heterocycles. The molecule has 1 N–H and O–H groups in total. The number of carbonyl (C=O) groups excluding carboxylic acids is 1. The van der Waals surface area contributed by atoms with Gasteiger partial charge in [-0.2, -0.15) is 0 Å². The van der Waals surface area contributed by atoms with Crippen molar-refractivity contribution in [2.75, 3.05) is 13.1 Å². The molecular formula is C19H22N4O2. The summed E-state index contributed by atoms with van der Waals surface area (Å²) in [5.74, 6) is -0.00549. The van der Waals surface area contributed by atoms with Crippen LogP contribution in [0.15, 0.2) is 36.7 Å². The second-order valence-corrected chi connectivity index (χ2v) is 7.01. The third kappa shape index (κ3) is 3.35. The van der Waals surface area contributed by atoms with Gasteiger partial charge in [0.05, 0.1) is 19.3 Å². The van der Waals surface area contributed by atoms with Crippen LogP contribution in [0.2, 0.25) is 0 Å². The lowest BCUT2D eigenvalue weighted by Gasteiger charge is -2.39. The fraction of sp³-hybridized carbons (Fsp3) is 0.421. The van der Waals surface area contributed by atoms with Gasteiger partial charge in [-0.05, 0) is 48.9 Å². The molecule has 0 spiro atoms. The van der Waals surface area contributed by atoms with Gasteiger partial charge in [0.1, 0.15) is 5.60 Å². The summed E-state index contributed by atoms with van der Waals surface area (Å²) in [6.45, 7) is 1.35. The molecule has 1 saturated heterocycles. The van der Waals surface area contributed by atoms with E-state index >= 15 is 0 Å². The molecule has 0 saturated carbocycles. The van der Waals surface area contributed by atoms with E-state index < -0.39 is 5.60 Å². The van der Waals surface area contributed by atoms with Crippen LogP contribution in [-0.4, -0.2) is 49.6 Å². The molecule has 1 aromatic heterocycles. The largest absolute Gasteiger partial charge is 0.386 e. The van der Waals surface area contributed by atoms with Gasteiger partial charge in [0, 0.05) is 18.3 Å². The lowest BCUT2D eigenvalue weighted by Crippen LogP contribution is -2.52. The van der Waals surface area contributed by atoms with Gasteiger partial charge >= 0.3 is 0 Å². The first-order valence-electron chi connectivity index (χ1n) is 8.78. The summed E-state index contributed by atoms with van der Waals surface area (Å²) in [5, 5.41) is 18.6. The molecule has 1 amide bonds. The number of likely N-dealkylation sites (tertiary alicyclic amines) is 1. The van der Waals surface area contributed by atoms with Crippen LogP contribution in [0.5, 0.6) is 0 Å². The van der Waals surface area contributed by atoms with Crippen LogP contribution < -0.4 is 0 Å². The maximum Gasteiger partial charge on any atom is 0.253 e. The summed E-state index contributed by atoms with van der Waals surface area (Å²) in [7, 11) is 0. The summed E-state index contributed by atoms with van der Waals surface area (Å²) in [6, 6.07) is 5.91. The minimum Gasteiger partial charge on any atom is -0.386 e. The van der Waals surface area contributed by atoms with Gasteiger partial charge < -0.3 is 10.0 Å². The minimum absolute atomic E-state index is 0.00549. The fourth-order valence-electron chi connectivity index (χ4n) is 3.78. The Kier molecular flexibility index (Phi) is 4.13. The first-order chi connectivity index (χ1) is 12.1. The Labute approximate surface area is 146 Å². The summed E-state index contributed by atoms with van der Waals surface area (Å²) in [5.41, 5.74) is 2.17. The summed E-state index contributed by atoms with van der Waals surface area (Å²) < 4.78 is 1.62. The van der Waals surface area contributed by atoms with Crippen LogP contribution in [0, 0.1) is 0 Å². The van der Waals surface area contributed by atoms with E-state index in [0.29, 0.717) is 31.6 Å². The number of benzene rings is 1. The van der Waals surface area contributed by atoms with Crippen LogP contribution in [0.4, 0.5) is 0 Å². The molecular weight excluding hydrogens is 316 g/mol. The van der Waals surface area contributed by atoms with E-state index in [2.05, 4.69) is 22.5 Å². The molecule has 25 heavy (non-hydrogen) atoms. The Morgan fingerprint density at radius 3 is 3.12 bits per heavy atom. The zero-order chi connectivity index (χ0) is 17.3. The van der Waals surface area contributed by atoms with Crippen molar-refractivity contribution in [3.05, 3.63) is 53.4 Å².